The number of hydrogen-bond acceptors (Lipinski definition) is 14. The van der Waals surface area contributed by atoms with E-state index < -0.39 is 204 Å². The molecule has 15 atom stereocenters. The van der Waals surface area contributed by atoms with Crippen molar-refractivity contribution in [3.63, 3.8) is 0 Å². The molecule has 0 radical (unpaired) electrons. The van der Waals surface area contributed by atoms with Gasteiger partial charge >= 0.3 is 12.4 Å². The SMILES string of the molecule is CCO[C@@H]1C[C@H]2C(=O)NC3(CCCC3)C(=O)N(C)[C@@H](C3CCCC3)C(=O)N(C)[C@H](C(=O)N3CCOCC3)CC(=O)N(C)[C@@H](CC)C(=O)N[C@@H]([C@@H](C)CC)C(=O)N(C)CC(=O)N(C)[C@H]3C[C@@H](C)[C@@H](C)CN(C3=O)[C@@H](CC3CCC(C(F)(F)F)CC3)C(=O)N(C)CC(=O)N[C@@H](CCC3CCC(C(F)(F)F)C(Cl)C3)C(=O)N2C1. The Kier molecular flexibility index (Phi) is 31.2. The summed E-state index contributed by atoms with van der Waals surface area (Å²) >= 11 is 6.45. The molecule has 110 heavy (non-hydrogen) atoms. The molecule has 622 valence electrons. The number of nitrogens with one attached hydrogen (secondary N) is 3. The number of likely N-dealkylation sites (N-methyl/N-ethyl adjacent to an activating group) is 6. The van der Waals surface area contributed by atoms with Crippen LogP contribution in [0.4, 0.5) is 26.3 Å². The summed E-state index contributed by atoms with van der Waals surface area (Å²) in [5.41, 5.74) is -1.66. The summed E-state index contributed by atoms with van der Waals surface area (Å²) in [6.07, 6.45) is -7.52. The van der Waals surface area contributed by atoms with Gasteiger partial charge in [0.2, 0.25) is 70.9 Å². The van der Waals surface area contributed by atoms with E-state index >= 15 is 33.6 Å². The number of nitrogens with zero attached hydrogens (tertiary/aromatic N) is 9. The van der Waals surface area contributed by atoms with E-state index in [1.807, 2.05) is 13.8 Å². The van der Waals surface area contributed by atoms with Crippen molar-refractivity contribution < 1.29 is 93.4 Å². The van der Waals surface area contributed by atoms with E-state index in [4.69, 9.17) is 21.1 Å². The van der Waals surface area contributed by atoms with Crippen LogP contribution in [0.5, 0.6) is 0 Å². The van der Waals surface area contributed by atoms with Crippen molar-refractivity contribution in [3.8, 4) is 0 Å². The smallest absolute Gasteiger partial charge is 0.378 e. The molecule has 2 bridgehead atoms. The first-order valence-corrected chi connectivity index (χ1v) is 40.5. The lowest BCUT2D eigenvalue weighted by Crippen LogP contribution is -2.65. The normalized spacial score (nSPS) is 33.0. The summed E-state index contributed by atoms with van der Waals surface area (Å²) < 4.78 is 96.8. The zero-order chi connectivity index (χ0) is 81.2. The Bertz CT molecular complexity index is 3260. The van der Waals surface area contributed by atoms with E-state index in [0.29, 0.717) is 44.9 Å². The van der Waals surface area contributed by atoms with E-state index in [1.165, 1.54) is 71.7 Å². The highest BCUT2D eigenvalue weighted by Crippen LogP contribution is 2.45. The van der Waals surface area contributed by atoms with Crippen LogP contribution in [0.1, 0.15) is 189 Å². The molecular formula is C77H121ClF6N12O14. The standard InChI is InChI=1S/C77H121ClF6N12O14/c1-13-45(4)64-72(106)89(8)44-63(99)91(10)58-36-46(5)47(6)41-95(71(58)105)60(38-49-22-26-51(27-23-49)76(79,80)81)69(103)88(7)43-61(97)85-55(29-25-48-24-28-53(54(78)37-48)77(82,83)84)68(102)96-42-52(110-15-3)39-57(96)67(101)87-75(30-18-19-31-75)74(108)93(12)65(50-20-16-17-21-50)73(107)92(11)59(70(104)94-32-34-109-35-33-94)40-62(98)90(9)56(14-2)66(100)86-64/h45-60,64-65H,13-44H2,1-12H3,(H,85,97)(H,86,100)(H,87,101)/t45-,46+,47-,48?,49?,51?,52+,53?,54?,55-,56-,57-,58-,59-,60-,64-,65-/m0/s1. The fraction of sp³-hybridized carbons (Fsp3) is 0.844. The van der Waals surface area contributed by atoms with Crippen LogP contribution in [-0.2, 0) is 67.0 Å². The second-order valence-electron chi connectivity index (χ2n) is 33.1. The molecule has 8 fully saturated rings. The zero-order valence-corrected chi connectivity index (χ0v) is 67.2. The number of amides is 12. The Morgan fingerprint density at radius 1 is 0.618 bits per heavy atom. The highest BCUT2D eigenvalue weighted by molar-refractivity contribution is 6.21. The van der Waals surface area contributed by atoms with Gasteiger partial charge in [-0.3, -0.25) is 57.5 Å². The number of rotatable bonds is 12. The number of alkyl halides is 7. The van der Waals surface area contributed by atoms with E-state index in [2.05, 4.69) is 16.0 Å². The van der Waals surface area contributed by atoms with E-state index in [1.54, 1.807) is 27.7 Å². The predicted molar refractivity (Wildman–Crippen MR) is 394 cm³/mol. The molecule has 4 saturated carbocycles. The number of carbonyl (C=O) groups is 12. The Hall–Kier alpha value is -6.57. The van der Waals surface area contributed by atoms with Gasteiger partial charge in [-0.25, -0.2) is 0 Å². The summed E-state index contributed by atoms with van der Waals surface area (Å²) in [5.74, 6) is -14.7. The third-order valence-electron chi connectivity index (χ3n) is 25.7. The summed E-state index contributed by atoms with van der Waals surface area (Å²) in [4.78, 5) is 194. The number of ether oxygens (including phenoxy) is 2. The Morgan fingerprint density at radius 3 is 1.84 bits per heavy atom. The second-order valence-corrected chi connectivity index (χ2v) is 33.6. The van der Waals surface area contributed by atoms with Crippen molar-refractivity contribution in [1.82, 2.24) is 60.0 Å². The van der Waals surface area contributed by atoms with Gasteiger partial charge in [0.05, 0.1) is 50.7 Å². The van der Waals surface area contributed by atoms with Gasteiger partial charge in [0.15, 0.2) is 0 Å². The van der Waals surface area contributed by atoms with Crippen LogP contribution in [0.2, 0.25) is 0 Å². The molecular weight excluding hydrogens is 1470 g/mol. The van der Waals surface area contributed by atoms with Gasteiger partial charge in [-0.1, -0.05) is 66.7 Å². The molecule has 0 aromatic heterocycles. The molecule has 12 amide bonds. The second kappa shape index (κ2) is 38.5. The molecule has 4 aliphatic heterocycles. The van der Waals surface area contributed by atoms with Crippen LogP contribution in [0.15, 0.2) is 0 Å². The van der Waals surface area contributed by atoms with Gasteiger partial charge in [0.1, 0.15) is 53.9 Å². The topological polar surface area (TPSA) is 289 Å². The average molecular weight is 1590 g/mol. The lowest BCUT2D eigenvalue weighted by Gasteiger charge is -2.42. The maximum absolute atomic E-state index is 15.8. The lowest BCUT2D eigenvalue weighted by atomic mass is 9.78. The molecule has 4 aliphatic carbocycles. The molecule has 4 heterocycles. The zero-order valence-electron chi connectivity index (χ0n) is 66.4. The molecule has 0 aromatic rings. The van der Waals surface area contributed by atoms with Crippen molar-refractivity contribution in [2.24, 2.45) is 47.3 Å². The minimum Gasteiger partial charge on any atom is -0.378 e. The minimum absolute atomic E-state index is 0.0135. The van der Waals surface area contributed by atoms with Crippen molar-refractivity contribution in [3.05, 3.63) is 0 Å². The third-order valence-corrected chi connectivity index (χ3v) is 26.2. The van der Waals surface area contributed by atoms with Crippen LogP contribution in [0.25, 0.3) is 0 Å². The van der Waals surface area contributed by atoms with Crippen molar-refractivity contribution in [1.29, 1.82) is 0 Å². The molecule has 4 saturated heterocycles. The predicted octanol–water partition coefficient (Wildman–Crippen LogP) is 6.52. The van der Waals surface area contributed by atoms with Crippen LogP contribution >= 0.6 is 11.6 Å². The molecule has 0 aromatic carbocycles. The Labute approximate surface area is 648 Å². The highest BCUT2D eigenvalue weighted by Gasteiger charge is 2.54. The quantitative estimate of drug-likeness (QED) is 0.139. The summed E-state index contributed by atoms with van der Waals surface area (Å²) in [7, 11) is 8.29. The minimum atomic E-state index is -4.57. The molecule has 8 aliphatic rings. The first-order chi connectivity index (χ1) is 51.8. The highest BCUT2D eigenvalue weighted by atomic mass is 35.5. The first kappa shape index (κ1) is 89.0. The maximum Gasteiger partial charge on any atom is 0.393 e. The largest absolute Gasteiger partial charge is 0.393 e. The van der Waals surface area contributed by atoms with Gasteiger partial charge in [0, 0.05) is 86.9 Å². The first-order valence-electron chi connectivity index (χ1n) is 40.1. The van der Waals surface area contributed by atoms with E-state index in [-0.39, 0.29) is 154 Å². The van der Waals surface area contributed by atoms with Crippen LogP contribution in [0, 0.1) is 47.3 Å². The molecule has 3 unspecified atom stereocenters. The van der Waals surface area contributed by atoms with Gasteiger partial charge in [-0.2, -0.15) is 26.3 Å². The monoisotopic (exact) mass is 1590 g/mol. The van der Waals surface area contributed by atoms with Gasteiger partial charge in [-0.05, 0) is 145 Å². The molecule has 1 spiro atoms. The Morgan fingerprint density at radius 2 is 1.25 bits per heavy atom. The molecule has 8 rings (SSSR count). The van der Waals surface area contributed by atoms with Crippen LogP contribution < -0.4 is 16.0 Å². The van der Waals surface area contributed by atoms with E-state index in [9.17, 15) is 50.3 Å². The summed E-state index contributed by atoms with van der Waals surface area (Å²) in [6, 6.07) is -10.8. The van der Waals surface area contributed by atoms with Gasteiger partial charge in [0.25, 0.3) is 0 Å². The van der Waals surface area contributed by atoms with Crippen molar-refractivity contribution in [2.45, 2.75) is 267 Å². The number of hydrogen-bond donors (Lipinski definition) is 3. The number of carbonyl (C=O) groups excluding carboxylic acids is 12. The fourth-order valence-corrected chi connectivity index (χ4v) is 18.8. The van der Waals surface area contributed by atoms with Crippen molar-refractivity contribution in [2.75, 3.05) is 101 Å². The average Bonchev–Trinajstić information content (AvgIpc) is 1.62. The number of morpholine rings is 1. The van der Waals surface area contributed by atoms with Crippen LogP contribution in [0.3, 0.4) is 0 Å². The van der Waals surface area contributed by atoms with Crippen LogP contribution in [-0.4, -0.2) is 294 Å². The lowest BCUT2D eigenvalue weighted by molar-refractivity contribution is -0.184. The van der Waals surface area contributed by atoms with Crippen molar-refractivity contribution >= 4 is 82.5 Å². The molecule has 26 nitrogen and oxygen atoms in total. The number of fused-ring (bicyclic) bond motifs is 3. The maximum atomic E-state index is 15.8. The number of halogens is 7. The van der Waals surface area contributed by atoms with E-state index in [0.717, 1.165) is 14.7 Å². The van der Waals surface area contributed by atoms with Gasteiger partial charge < -0.3 is 69.5 Å². The fourth-order valence-electron chi connectivity index (χ4n) is 18.3. The molecule has 3 N–H and O–H groups in total. The summed E-state index contributed by atoms with van der Waals surface area (Å²) in [6.45, 7) is 9.71. The molecule has 33 heteroatoms. The third kappa shape index (κ3) is 21.2. The Balaban J connectivity index is 1.21. The summed E-state index contributed by atoms with van der Waals surface area (Å²) in [5, 5.41) is 7.42. The van der Waals surface area contributed by atoms with Gasteiger partial charge in [-0.15, -0.1) is 11.6 Å².